The molecule has 0 atom stereocenters. The summed E-state index contributed by atoms with van der Waals surface area (Å²) in [5.41, 5.74) is 3.76. The number of rotatable bonds is 6. The number of nitrogens with one attached hydrogen (secondary N) is 3. The molecule has 0 aliphatic carbocycles. The van der Waals surface area contributed by atoms with Gasteiger partial charge in [0.2, 0.25) is 5.82 Å². The maximum atomic E-state index is 4.81. The minimum Gasteiger partial charge on any atom is -0.346 e. The summed E-state index contributed by atoms with van der Waals surface area (Å²) in [6, 6.07) is 8.21. The molecule has 4 aromatic rings. The molecule has 0 bridgehead atoms. The van der Waals surface area contributed by atoms with Crippen molar-refractivity contribution in [3.8, 4) is 22.5 Å². The molecule has 3 N–H and O–H groups in total. The molecule has 0 saturated heterocycles. The highest BCUT2D eigenvalue weighted by atomic mass is 32.2. The first-order valence-corrected chi connectivity index (χ1v) is 9.52. The van der Waals surface area contributed by atoms with Crippen molar-refractivity contribution >= 4 is 35.4 Å². The summed E-state index contributed by atoms with van der Waals surface area (Å²) < 4.78 is 0. The number of thiol groups is 1. The summed E-state index contributed by atoms with van der Waals surface area (Å²) in [5, 5.41) is 18.9. The number of fused-ring (bicyclic) bond motifs is 1. The van der Waals surface area contributed by atoms with Gasteiger partial charge in [0, 0.05) is 45.4 Å². The largest absolute Gasteiger partial charge is 0.346 e. The van der Waals surface area contributed by atoms with Crippen LogP contribution in [-0.4, -0.2) is 49.9 Å². The van der Waals surface area contributed by atoms with Gasteiger partial charge in [0.05, 0.1) is 0 Å². The van der Waals surface area contributed by atoms with Gasteiger partial charge in [0.25, 0.3) is 0 Å². The SMILES string of the molecule is CNCCSc1ccc(-c2ccnc3[nH]ccc23)c(-c2nn[nH]n2)c1S. The number of hydrogen-bond acceptors (Lipinski definition) is 7. The number of aromatic amines is 2. The lowest BCUT2D eigenvalue weighted by Crippen LogP contribution is -2.09. The second-order valence-electron chi connectivity index (χ2n) is 5.62. The highest BCUT2D eigenvalue weighted by Gasteiger charge is 2.19. The van der Waals surface area contributed by atoms with Crippen LogP contribution >= 0.6 is 24.4 Å². The van der Waals surface area contributed by atoms with Crippen molar-refractivity contribution in [3.05, 3.63) is 36.7 Å². The fourth-order valence-corrected chi connectivity index (χ4v) is 4.28. The molecule has 9 heteroatoms. The zero-order chi connectivity index (χ0) is 17.9. The fourth-order valence-electron chi connectivity index (χ4n) is 2.87. The van der Waals surface area contributed by atoms with Crippen LogP contribution in [0, 0.1) is 0 Å². The summed E-state index contributed by atoms with van der Waals surface area (Å²) in [6.07, 6.45) is 3.68. The summed E-state index contributed by atoms with van der Waals surface area (Å²) in [5.74, 6) is 1.48. The lowest BCUT2D eigenvalue weighted by Gasteiger charge is -2.14. The van der Waals surface area contributed by atoms with E-state index in [9.17, 15) is 0 Å². The Morgan fingerprint density at radius 1 is 1.19 bits per heavy atom. The van der Waals surface area contributed by atoms with Crippen LogP contribution in [0.5, 0.6) is 0 Å². The van der Waals surface area contributed by atoms with Crippen LogP contribution in [-0.2, 0) is 0 Å². The zero-order valence-corrected chi connectivity index (χ0v) is 15.7. The van der Waals surface area contributed by atoms with Gasteiger partial charge in [0.1, 0.15) is 5.65 Å². The monoisotopic (exact) mass is 383 g/mol. The van der Waals surface area contributed by atoms with Crippen molar-refractivity contribution in [1.82, 2.24) is 35.9 Å². The standard InChI is InChI=1S/C17H17N7S2/c1-18-8-9-26-13-3-2-11(14(15(13)25)17-21-23-24-22-17)10-4-6-19-16-12(10)5-7-20-16/h2-7,18,25H,8-9H2,1H3,(H,19,20)(H,21,22,23,24). The maximum Gasteiger partial charge on any atom is 0.206 e. The Balaban J connectivity index is 1.89. The lowest BCUT2D eigenvalue weighted by atomic mass is 9.97. The molecule has 3 aromatic heterocycles. The van der Waals surface area contributed by atoms with Gasteiger partial charge in [-0.25, -0.2) is 4.98 Å². The third-order valence-corrected chi connectivity index (χ3v) is 5.75. The van der Waals surface area contributed by atoms with Crippen molar-refractivity contribution in [2.24, 2.45) is 0 Å². The van der Waals surface area contributed by atoms with Crippen LogP contribution in [0.4, 0.5) is 0 Å². The van der Waals surface area contributed by atoms with E-state index in [1.165, 1.54) is 0 Å². The molecule has 0 radical (unpaired) electrons. The Labute approximate surface area is 159 Å². The fraction of sp³-hybridized carbons (Fsp3) is 0.176. The van der Waals surface area contributed by atoms with Gasteiger partial charge >= 0.3 is 0 Å². The molecule has 0 aliphatic heterocycles. The predicted molar refractivity (Wildman–Crippen MR) is 107 cm³/mol. The zero-order valence-electron chi connectivity index (χ0n) is 14.0. The molecule has 7 nitrogen and oxygen atoms in total. The maximum absolute atomic E-state index is 4.81. The van der Waals surface area contributed by atoms with E-state index in [4.69, 9.17) is 12.6 Å². The highest BCUT2D eigenvalue weighted by molar-refractivity contribution is 7.99. The van der Waals surface area contributed by atoms with Crippen LogP contribution in [0.25, 0.3) is 33.5 Å². The number of pyridine rings is 1. The molecule has 3 heterocycles. The molecule has 4 rings (SSSR count). The number of tetrazole rings is 1. The van der Waals surface area contributed by atoms with Gasteiger partial charge in [-0.05, 0) is 41.6 Å². The molecule has 0 aliphatic rings. The molecule has 0 spiro atoms. The molecule has 26 heavy (non-hydrogen) atoms. The van der Waals surface area contributed by atoms with E-state index in [0.29, 0.717) is 5.82 Å². The van der Waals surface area contributed by atoms with Gasteiger partial charge in [-0.15, -0.1) is 34.6 Å². The Bertz CT molecular complexity index is 1030. The van der Waals surface area contributed by atoms with E-state index >= 15 is 0 Å². The van der Waals surface area contributed by atoms with Crippen LogP contribution in [0.15, 0.2) is 46.5 Å². The van der Waals surface area contributed by atoms with Crippen molar-refractivity contribution < 1.29 is 0 Å². The van der Waals surface area contributed by atoms with E-state index in [0.717, 1.165) is 49.8 Å². The second kappa shape index (κ2) is 7.48. The molecule has 132 valence electrons. The Hall–Kier alpha value is -2.36. The van der Waals surface area contributed by atoms with E-state index in [-0.39, 0.29) is 0 Å². The Morgan fingerprint density at radius 3 is 2.92 bits per heavy atom. The number of aromatic nitrogens is 6. The van der Waals surface area contributed by atoms with Crippen LogP contribution in [0.2, 0.25) is 0 Å². The number of nitrogens with zero attached hydrogens (tertiary/aromatic N) is 4. The van der Waals surface area contributed by atoms with Crippen molar-refractivity contribution in [1.29, 1.82) is 0 Å². The third kappa shape index (κ3) is 3.09. The van der Waals surface area contributed by atoms with Crippen LogP contribution in [0.3, 0.4) is 0 Å². The van der Waals surface area contributed by atoms with Gasteiger partial charge in [-0.3, -0.25) is 0 Å². The molecule has 0 amide bonds. The third-order valence-electron chi connectivity index (χ3n) is 4.07. The molecule has 0 saturated carbocycles. The molecule has 0 fully saturated rings. The Morgan fingerprint density at radius 2 is 2.12 bits per heavy atom. The topological polar surface area (TPSA) is 95.2 Å². The van der Waals surface area contributed by atoms with Crippen LogP contribution in [0.1, 0.15) is 0 Å². The quantitative estimate of drug-likeness (QED) is 0.232. The van der Waals surface area contributed by atoms with Crippen molar-refractivity contribution in [2.45, 2.75) is 9.79 Å². The number of hydrogen-bond donors (Lipinski definition) is 4. The van der Waals surface area contributed by atoms with E-state index in [1.807, 2.05) is 25.4 Å². The molecular weight excluding hydrogens is 366 g/mol. The van der Waals surface area contributed by atoms with E-state index < -0.39 is 0 Å². The van der Waals surface area contributed by atoms with Gasteiger partial charge < -0.3 is 10.3 Å². The first-order valence-electron chi connectivity index (χ1n) is 8.09. The minimum absolute atomic E-state index is 0.529. The first kappa shape index (κ1) is 17.1. The minimum atomic E-state index is 0.529. The van der Waals surface area contributed by atoms with Crippen molar-refractivity contribution in [3.63, 3.8) is 0 Å². The number of benzene rings is 1. The number of thioether (sulfide) groups is 1. The lowest BCUT2D eigenvalue weighted by molar-refractivity contribution is 0.871. The summed E-state index contributed by atoms with van der Waals surface area (Å²) in [4.78, 5) is 9.47. The second-order valence-corrected chi connectivity index (χ2v) is 7.20. The van der Waals surface area contributed by atoms with Gasteiger partial charge in [-0.1, -0.05) is 6.07 Å². The summed E-state index contributed by atoms with van der Waals surface area (Å²) in [7, 11) is 1.95. The Kier molecular flexibility index (Phi) is 4.91. The highest BCUT2D eigenvalue weighted by Crippen LogP contribution is 2.41. The molecule has 1 aromatic carbocycles. The predicted octanol–water partition coefficient (Wildman–Crippen LogP) is 3.01. The average molecular weight is 384 g/mol. The smallest absolute Gasteiger partial charge is 0.206 e. The molecular formula is C17H17N7S2. The normalized spacial score (nSPS) is 11.3. The first-order chi connectivity index (χ1) is 12.8. The molecule has 0 unspecified atom stereocenters. The van der Waals surface area contributed by atoms with E-state index in [2.05, 4.69) is 48.0 Å². The average Bonchev–Trinajstić information content (AvgIpc) is 3.34. The summed E-state index contributed by atoms with van der Waals surface area (Å²) >= 11 is 6.56. The van der Waals surface area contributed by atoms with Gasteiger partial charge in [-0.2, -0.15) is 5.21 Å². The number of H-pyrrole nitrogens is 2. The summed E-state index contributed by atoms with van der Waals surface area (Å²) in [6.45, 7) is 0.922. The van der Waals surface area contributed by atoms with Crippen LogP contribution < -0.4 is 5.32 Å². The van der Waals surface area contributed by atoms with Gasteiger partial charge in [0.15, 0.2) is 0 Å². The van der Waals surface area contributed by atoms with Crippen molar-refractivity contribution in [2.75, 3.05) is 19.3 Å². The van der Waals surface area contributed by atoms with E-state index in [1.54, 1.807) is 18.0 Å².